The van der Waals surface area contributed by atoms with Gasteiger partial charge >= 0.3 is 0 Å². The fourth-order valence-corrected chi connectivity index (χ4v) is 5.12. The number of ether oxygens (including phenoxy) is 2. The quantitative estimate of drug-likeness (QED) is 0.216. The molecule has 1 aromatic rings. The van der Waals surface area contributed by atoms with Crippen LogP contribution in [-0.2, 0) is 0 Å². The number of hydrogen-bond donors (Lipinski definition) is 0. The fraction of sp³-hybridized carbons (Fsp3) is 0.793. The first kappa shape index (κ1) is 26.1. The lowest BCUT2D eigenvalue weighted by Gasteiger charge is -2.31. The second kappa shape index (κ2) is 17.4. The Labute approximate surface area is 193 Å². The first-order valence-electron chi connectivity index (χ1n) is 13.7. The SMILES string of the molecule is CCCCCCCOc1ccc(OCCCC2CCCCC2CCCCCCC)cc1. The van der Waals surface area contributed by atoms with Gasteiger partial charge < -0.3 is 9.47 Å². The molecule has 0 N–H and O–H groups in total. The first-order valence-corrected chi connectivity index (χ1v) is 13.7. The van der Waals surface area contributed by atoms with E-state index in [1.807, 2.05) is 0 Å². The molecule has 1 aliphatic carbocycles. The number of hydrogen-bond acceptors (Lipinski definition) is 2. The molecule has 178 valence electrons. The Balaban J connectivity index is 1.57. The van der Waals surface area contributed by atoms with Crippen LogP contribution in [0.25, 0.3) is 0 Å². The van der Waals surface area contributed by atoms with Crippen LogP contribution in [0.1, 0.15) is 123 Å². The van der Waals surface area contributed by atoms with E-state index in [-0.39, 0.29) is 0 Å². The van der Waals surface area contributed by atoms with Crippen molar-refractivity contribution in [3.63, 3.8) is 0 Å². The van der Waals surface area contributed by atoms with Crippen molar-refractivity contribution in [3.05, 3.63) is 24.3 Å². The van der Waals surface area contributed by atoms with E-state index in [2.05, 4.69) is 38.1 Å². The summed E-state index contributed by atoms with van der Waals surface area (Å²) >= 11 is 0. The average Bonchev–Trinajstić information content (AvgIpc) is 2.80. The Morgan fingerprint density at radius 1 is 0.581 bits per heavy atom. The fourth-order valence-electron chi connectivity index (χ4n) is 5.12. The Hall–Kier alpha value is -1.18. The molecule has 31 heavy (non-hydrogen) atoms. The van der Waals surface area contributed by atoms with Gasteiger partial charge in [-0.15, -0.1) is 0 Å². The molecule has 2 nitrogen and oxygen atoms in total. The molecule has 2 heteroatoms. The lowest BCUT2D eigenvalue weighted by Crippen LogP contribution is -2.20. The van der Waals surface area contributed by atoms with E-state index in [0.29, 0.717) is 0 Å². The topological polar surface area (TPSA) is 18.5 Å². The molecule has 0 bridgehead atoms. The van der Waals surface area contributed by atoms with Crippen molar-refractivity contribution in [3.8, 4) is 11.5 Å². The molecule has 0 amide bonds. The maximum atomic E-state index is 6.03. The lowest BCUT2D eigenvalue weighted by atomic mass is 9.74. The minimum Gasteiger partial charge on any atom is -0.494 e. The van der Waals surface area contributed by atoms with Gasteiger partial charge in [-0.25, -0.2) is 0 Å². The van der Waals surface area contributed by atoms with E-state index in [0.717, 1.165) is 43.0 Å². The van der Waals surface area contributed by atoms with Crippen LogP contribution in [0.5, 0.6) is 11.5 Å². The molecule has 1 aliphatic rings. The third kappa shape index (κ3) is 11.9. The minimum absolute atomic E-state index is 0.824. The Morgan fingerprint density at radius 2 is 1.03 bits per heavy atom. The van der Waals surface area contributed by atoms with Crippen LogP contribution in [-0.4, -0.2) is 13.2 Å². The van der Waals surface area contributed by atoms with Crippen molar-refractivity contribution in [2.45, 2.75) is 123 Å². The Bertz CT molecular complexity index is 524. The summed E-state index contributed by atoms with van der Waals surface area (Å²) in [4.78, 5) is 0. The van der Waals surface area contributed by atoms with Crippen molar-refractivity contribution in [2.75, 3.05) is 13.2 Å². The molecular formula is C29H50O2. The summed E-state index contributed by atoms with van der Waals surface area (Å²) in [5.41, 5.74) is 0. The van der Waals surface area contributed by atoms with Gasteiger partial charge in [0.15, 0.2) is 0 Å². The second-order valence-corrected chi connectivity index (χ2v) is 9.73. The zero-order valence-electron chi connectivity index (χ0n) is 20.7. The van der Waals surface area contributed by atoms with E-state index in [4.69, 9.17) is 9.47 Å². The average molecular weight is 431 g/mol. The second-order valence-electron chi connectivity index (χ2n) is 9.73. The Morgan fingerprint density at radius 3 is 1.58 bits per heavy atom. The molecule has 0 heterocycles. The summed E-state index contributed by atoms with van der Waals surface area (Å²) in [5, 5.41) is 0. The highest BCUT2D eigenvalue weighted by Crippen LogP contribution is 2.36. The first-order chi connectivity index (χ1) is 15.3. The summed E-state index contributed by atoms with van der Waals surface area (Å²) in [6.07, 6.45) is 23.3. The predicted molar refractivity (Wildman–Crippen MR) is 134 cm³/mol. The van der Waals surface area contributed by atoms with Gasteiger partial charge in [-0.3, -0.25) is 0 Å². The molecule has 0 saturated heterocycles. The standard InChI is InChI=1S/C29H50O2/c1-3-5-7-9-11-16-26-17-12-13-18-27(26)19-15-25-31-29-22-20-28(21-23-29)30-24-14-10-8-6-4-2/h20-23,26-27H,3-19,24-25H2,1-2H3. The predicted octanol–water partition coefficient (Wildman–Crippen LogP) is 9.36. The minimum atomic E-state index is 0.824. The van der Waals surface area contributed by atoms with E-state index in [1.54, 1.807) is 0 Å². The van der Waals surface area contributed by atoms with Crippen molar-refractivity contribution >= 4 is 0 Å². The van der Waals surface area contributed by atoms with Crippen LogP contribution in [0.3, 0.4) is 0 Å². The summed E-state index contributed by atoms with van der Waals surface area (Å²) in [6, 6.07) is 8.23. The van der Waals surface area contributed by atoms with Crippen LogP contribution < -0.4 is 9.47 Å². The largest absolute Gasteiger partial charge is 0.494 e. The maximum Gasteiger partial charge on any atom is 0.119 e. The van der Waals surface area contributed by atoms with Gasteiger partial charge in [0, 0.05) is 0 Å². The molecule has 0 spiro atoms. The van der Waals surface area contributed by atoms with E-state index >= 15 is 0 Å². The zero-order valence-corrected chi connectivity index (χ0v) is 20.7. The van der Waals surface area contributed by atoms with Crippen LogP contribution in [0, 0.1) is 11.8 Å². The van der Waals surface area contributed by atoms with Crippen molar-refractivity contribution in [1.29, 1.82) is 0 Å². The Kier molecular flexibility index (Phi) is 14.6. The normalized spacial score (nSPS) is 18.8. The van der Waals surface area contributed by atoms with Gasteiger partial charge in [-0.1, -0.05) is 104 Å². The van der Waals surface area contributed by atoms with Gasteiger partial charge in [0.25, 0.3) is 0 Å². The van der Waals surface area contributed by atoms with Crippen molar-refractivity contribution in [2.24, 2.45) is 11.8 Å². The monoisotopic (exact) mass is 430 g/mol. The highest BCUT2D eigenvalue weighted by molar-refractivity contribution is 5.31. The molecule has 0 aromatic heterocycles. The summed E-state index contributed by atoms with van der Waals surface area (Å²) in [5.74, 6) is 3.86. The van der Waals surface area contributed by atoms with Gasteiger partial charge in [0.05, 0.1) is 13.2 Å². The molecule has 0 radical (unpaired) electrons. The molecule has 2 atom stereocenters. The number of unbranched alkanes of at least 4 members (excludes halogenated alkanes) is 8. The van der Waals surface area contributed by atoms with Gasteiger partial charge in [-0.2, -0.15) is 0 Å². The van der Waals surface area contributed by atoms with Crippen LogP contribution in [0.15, 0.2) is 24.3 Å². The molecule has 1 fully saturated rings. The maximum absolute atomic E-state index is 6.03. The van der Waals surface area contributed by atoms with E-state index in [1.165, 1.54) is 103 Å². The van der Waals surface area contributed by atoms with Gasteiger partial charge in [0.1, 0.15) is 11.5 Å². The lowest BCUT2D eigenvalue weighted by molar-refractivity contribution is 0.190. The van der Waals surface area contributed by atoms with Crippen LogP contribution in [0.2, 0.25) is 0 Å². The highest BCUT2D eigenvalue weighted by atomic mass is 16.5. The smallest absolute Gasteiger partial charge is 0.119 e. The molecule has 2 rings (SSSR count). The third-order valence-corrected chi connectivity index (χ3v) is 7.07. The van der Waals surface area contributed by atoms with Crippen LogP contribution in [0.4, 0.5) is 0 Å². The summed E-state index contributed by atoms with van der Waals surface area (Å²) in [6.45, 7) is 6.23. The number of rotatable bonds is 18. The summed E-state index contributed by atoms with van der Waals surface area (Å²) < 4.78 is 11.9. The molecule has 1 saturated carbocycles. The molecule has 2 unspecified atom stereocenters. The zero-order chi connectivity index (χ0) is 22.0. The van der Waals surface area contributed by atoms with Crippen molar-refractivity contribution < 1.29 is 9.47 Å². The summed E-state index contributed by atoms with van der Waals surface area (Å²) in [7, 11) is 0. The third-order valence-electron chi connectivity index (χ3n) is 7.07. The van der Waals surface area contributed by atoms with E-state index < -0.39 is 0 Å². The molecular weight excluding hydrogens is 380 g/mol. The van der Waals surface area contributed by atoms with Gasteiger partial charge in [0.2, 0.25) is 0 Å². The van der Waals surface area contributed by atoms with E-state index in [9.17, 15) is 0 Å². The van der Waals surface area contributed by atoms with Crippen LogP contribution >= 0.6 is 0 Å². The van der Waals surface area contributed by atoms with Crippen molar-refractivity contribution in [1.82, 2.24) is 0 Å². The number of benzene rings is 1. The van der Waals surface area contributed by atoms with Gasteiger partial charge in [-0.05, 0) is 55.4 Å². The highest BCUT2D eigenvalue weighted by Gasteiger charge is 2.24. The molecule has 0 aliphatic heterocycles. The molecule has 1 aromatic carbocycles.